The van der Waals surface area contributed by atoms with E-state index < -0.39 is 10.0 Å². The van der Waals surface area contributed by atoms with Gasteiger partial charge in [-0.05, 0) is 19.3 Å². The number of nitrogens with zero attached hydrogens (tertiary/aromatic N) is 2. The molecule has 102 valence electrons. The summed E-state index contributed by atoms with van der Waals surface area (Å²) in [5.41, 5.74) is 0. The Morgan fingerprint density at radius 3 is 2.83 bits per heavy atom. The summed E-state index contributed by atoms with van der Waals surface area (Å²) in [6.07, 6.45) is 7.43. The highest BCUT2D eigenvalue weighted by molar-refractivity contribution is 7.89. The van der Waals surface area contributed by atoms with E-state index in [1.54, 1.807) is 4.68 Å². The first-order valence-corrected chi connectivity index (χ1v) is 7.76. The number of aliphatic hydroxyl groups excluding tert-OH is 1. The molecular formula is C11H19N3O3S. The summed E-state index contributed by atoms with van der Waals surface area (Å²) in [5, 5.41) is 12.7. The van der Waals surface area contributed by atoms with E-state index in [-0.39, 0.29) is 17.5 Å². The van der Waals surface area contributed by atoms with E-state index in [1.807, 2.05) is 0 Å². The third-order valence-corrected chi connectivity index (χ3v) is 4.62. The molecule has 1 fully saturated rings. The molecule has 1 aliphatic carbocycles. The number of aryl methyl sites for hydroxylation is 1. The minimum atomic E-state index is -3.44. The number of nitrogens with one attached hydrogen (secondary N) is 1. The number of hydrogen-bond donors (Lipinski definition) is 2. The second-order valence-corrected chi connectivity index (χ2v) is 6.33. The molecule has 0 aromatic carbocycles. The van der Waals surface area contributed by atoms with Crippen molar-refractivity contribution in [3.8, 4) is 0 Å². The SMILES string of the molecule is O=S(=O)(NC1CCCC1)c1cnn(CCCO)c1. The summed E-state index contributed by atoms with van der Waals surface area (Å²) < 4.78 is 28.4. The zero-order chi connectivity index (χ0) is 13.0. The maximum atomic E-state index is 12.1. The molecular weight excluding hydrogens is 254 g/mol. The van der Waals surface area contributed by atoms with Crippen LogP contribution in [0.2, 0.25) is 0 Å². The normalized spacial score (nSPS) is 17.4. The van der Waals surface area contributed by atoms with Gasteiger partial charge in [-0.2, -0.15) is 5.10 Å². The Balaban J connectivity index is 2.02. The Morgan fingerprint density at radius 2 is 2.17 bits per heavy atom. The minimum Gasteiger partial charge on any atom is -0.396 e. The molecule has 0 atom stereocenters. The van der Waals surface area contributed by atoms with Crippen LogP contribution < -0.4 is 4.72 Å². The van der Waals surface area contributed by atoms with Gasteiger partial charge in [-0.1, -0.05) is 12.8 Å². The van der Waals surface area contributed by atoms with Crippen LogP contribution in [0.5, 0.6) is 0 Å². The molecule has 1 aromatic rings. The molecule has 1 saturated carbocycles. The lowest BCUT2D eigenvalue weighted by molar-refractivity contribution is 0.277. The Labute approximate surface area is 107 Å². The monoisotopic (exact) mass is 273 g/mol. The van der Waals surface area contributed by atoms with Crippen LogP contribution in [0.1, 0.15) is 32.1 Å². The van der Waals surface area contributed by atoms with E-state index in [4.69, 9.17) is 5.11 Å². The number of rotatable bonds is 6. The van der Waals surface area contributed by atoms with Crippen LogP contribution in [0.4, 0.5) is 0 Å². The van der Waals surface area contributed by atoms with Gasteiger partial charge in [0.25, 0.3) is 0 Å². The summed E-state index contributed by atoms with van der Waals surface area (Å²) in [5.74, 6) is 0. The van der Waals surface area contributed by atoms with Gasteiger partial charge < -0.3 is 5.11 Å². The number of sulfonamides is 1. The van der Waals surface area contributed by atoms with Crippen LogP contribution in [-0.2, 0) is 16.6 Å². The van der Waals surface area contributed by atoms with Crippen LogP contribution in [0.15, 0.2) is 17.3 Å². The van der Waals surface area contributed by atoms with Gasteiger partial charge in [0.1, 0.15) is 4.90 Å². The Bertz CT molecular complexity index is 477. The van der Waals surface area contributed by atoms with Gasteiger partial charge in [-0.3, -0.25) is 4.68 Å². The lowest BCUT2D eigenvalue weighted by Crippen LogP contribution is -2.32. The molecule has 0 radical (unpaired) electrons. The molecule has 2 rings (SSSR count). The van der Waals surface area contributed by atoms with Crippen molar-refractivity contribution in [1.29, 1.82) is 0 Å². The first kappa shape index (κ1) is 13.5. The van der Waals surface area contributed by atoms with Gasteiger partial charge in [0.2, 0.25) is 10.0 Å². The topological polar surface area (TPSA) is 84.2 Å². The molecule has 0 amide bonds. The highest BCUT2D eigenvalue weighted by atomic mass is 32.2. The standard InChI is InChI=1S/C11H19N3O3S/c15-7-3-6-14-9-11(8-12-14)18(16,17)13-10-4-1-2-5-10/h8-10,13,15H,1-7H2. The van der Waals surface area contributed by atoms with Crippen LogP contribution in [0, 0.1) is 0 Å². The molecule has 7 heteroatoms. The van der Waals surface area contributed by atoms with Crippen molar-refractivity contribution in [2.24, 2.45) is 0 Å². The second-order valence-electron chi connectivity index (χ2n) is 4.62. The van der Waals surface area contributed by atoms with Gasteiger partial charge in [0.05, 0.1) is 6.20 Å². The third-order valence-electron chi connectivity index (χ3n) is 3.14. The van der Waals surface area contributed by atoms with Crippen molar-refractivity contribution < 1.29 is 13.5 Å². The smallest absolute Gasteiger partial charge is 0.243 e. The number of hydrogen-bond acceptors (Lipinski definition) is 4. The molecule has 0 aliphatic heterocycles. The summed E-state index contributed by atoms with van der Waals surface area (Å²) >= 11 is 0. The van der Waals surface area contributed by atoms with E-state index in [2.05, 4.69) is 9.82 Å². The average molecular weight is 273 g/mol. The van der Waals surface area contributed by atoms with Crippen LogP contribution >= 0.6 is 0 Å². The van der Waals surface area contributed by atoms with Crippen molar-refractivity contribution >= 4 is 10.0 Å². The van der Waals surface area contributed by atoms with Crippen LogP contribution in [0.25, 0.3) is 0 Å². The summed E-state index contributed by atoms with van der Waals surface area (Å²) in [4.78, 5) is 0.201. The van der Waals surface area contributed by atoms with E-state index in [0.717, 1.165) is 25.7 Å². The molecule has 6 nitrogen and oxygen atoms in total. The fourth-order valence-corrected chi connectivity index (χ4v) is 3.43. The third kappa shape index (κ3) is 3.30. The molecule has 0 bridgehead atoms. The maximum absolute atomic E-state index is 12.1. The van der Waals surface area contributed by atoms with Gasteiger partial charge >= 0.3 is 0 Å². The summed E-state index contributed by atoms with van der Waals surface area (Å²) in [6.45, 7) is 0.595. The van der Waals surface area contributed by atoms with Gasteiger partial charge in [-0.15, -0.1) is 0 Å². The molecule has 1 aromatic heterocycles. The van der Waals surface area contributed by atoms with Crippen molar-refractivity contribution in [3.63, 3.8) is 0 Å². The van der Waals surface area contributed by atoms with Crippen molar-refractivity contribution in [2.45, 2.75) is 49.6 Å². The fraction of sp³-hybridized carbons (Fsp3) is 0.727. The maximum Gasteiger partial charge on any atom is 0.243 e. The quantitative estimate of drug-likeness (QED) is 0.790. The molecule has 0 spiro atoms. The van der Waals surface area contributed by atoms with Crippen molar-refractivity contribution in [3.05, 3.63) is 12.4 Å². The van der Waals surface area contributed by atoms with Gasteiger partial charge in [-0.25, -0.2) is 13.1 Å². The zero-order valence-corrected chi connectivity index (χ0v) is 11.1. The lowest BCUT2D eigenvalue weighted by atomic mass is 10.3. The average Bonchev–Trinajstić information content (AvgIpc) is 2.96. The Hall–Kier alpha value is -0.920. The molecule has 2 N–H and O–H groups in total. The molecule has 0 unspecified atom stereocenters. The van der Waals surface area contributed by atoms with Crippen molar-refractivity contribution in [1.82, 2.24) is 14.5 Å². The van der Waals surface area contributed by atoms with Crippen LogP contribution in [-0.4, -0.2) is 36.0 Å². The molecule has 18 heavy (non-hydrogen) atoms. The largest absolute Gasteiger partial charge is 0.396 e. The lowest BCUT2D eigenvalue weighted by Gasteiger charge is -2.10. The van der Waals surface area contributed by atoms with E-state index in [1.165, 1.54) is 12.4 Å². The highest BCUT2D eigenvalue weighted by Crippen LogP contribution is 2.20. The van der Waals surface area contributed by atoms with E-state index >= 15 is 0 Å². The molecule has 0 saturated heterocycles. The second kappa shape index (κ2) is 5.81. The molecule has 1 aliphatic rings. The summed E-state index contributed by atoms with van der Waals surface area (Å²) in [7, 11) is -3.44. The predicted octanol–water partition coefficient (Wildman–Crippen LogP) is 0.486. The first-order chi connectivity index (χ1) is 8.62. The predicted molar refractivity (Wildman–Crippen MR) is 66.5 cm³/mol. The minimum absolute atomic E-state index is 0.0655. The van der Waals surface area contributed by atoms with Gasteiger partial charge in [0, 0.05) is 25.4 Å². The Morgan fingerprint density at radius 1 is 1.44 bits per heavy atom. The first-order valence-electron chi connectivity index (χ1n) is 6.27. The van der Waals surface area contributed by atoms with E-state index in [9.17, 15) is 8.42 Å². The van der Waals surface area contributed by atoms with Gasteiger partial charge in [0.15, 0.2) is 0 Å². The fourth-order valence-electron chi connectivity index (χ4n) is 2.17. The number of aromatic nitrogens is 2. The number of aliphatic hydroxyl groups is 1. The van der Waals surface area contributed by atoms with E-state index in [0.29, 0.717) is 13.0 Å². The van der Waals surface area contributed by atoms with Crippen LogP contribution in [0.3, 0.4) is 0 Å². The van der Waals surface area contributed by atoms with Crippen molar-refractivity contribution in [2.75, 3.05) is 6.61 Å². The molecule has 1 heterocycles. The summed E-state index contributed by atoms with van der Waals surface area (Å²) in [6, 6.07) is 0.0655. The zero-order valence-electron chi connectivity index (χ0n) is 10.2. The Kier molecular flexibility index (Phi) is 4.36. The highest BCUT2D eigenvalue weighted by Gasteiger charge is 2.23.